The van der Waals surface area contributed by atoms with Gasteiger partial charge in [0.15, 0.2) is 20.2 Å². The summed E-state index contributed by atoms with van der Waals surface area (Å²) in [5.74, 6) is -1.62. The largest absolute Gasteiger partial charge is 0.872 e. The quantitative estimate of drug-likeness (QED) is 0.0859. The molecular formula is C28H49NO6. The zero-order valence-electron chi connectivity index (χ0n) is 21.7. The van der Waals surface area contributed by atoms with Crippen molar-refractivity contribution in [3.63, 3.8) is 0 Å². The maximum absolute atomic E-state index is 10.7. The summed E-state index contributed by atoms with van der Waals surface area (Å²) in [6.45, 7) is 2.32. The van der Waals surface area contributed by atoms with Gasteiger partial charge in [-0.3, -0.25) is 4.48 Å². The second-order valence-electron chi connectivity index (χ2n) is 9.23. The summed E-state index contributed by atoms with van der Waals surface area (Å²) >= 11 is 0. The maximum Gasteiger partial charge on any atom is 0.335 e. The van der Waals surface area contributed by atoms with Crippen LogP contribution in [0.3, 0.4) is 0 Å². The Balaban J connectivity index is 0.000000952. The number of allylic oxidation sites excluding steroid dienone is 2. The second kappa shape index (κ2) is 22.5. The van der Waals surface area contributed by atoms with E-state index in [-0.39, 0.29) is 30.2 Å². The van der Waals surface area contributed by atoms with E-state index in [0.717, 1.165) is 12.8 Å². The molecule has 202 valence electrons. The van der Waals surface area contributed by atoms with Crippen molar-refractivity contribution >= 4 is 5.97 Å². The molecule has 0 atom stereocenters. The van der Waals surface area contributed by atoms with Crippen LogP contribution in [-0.4, -0.2) is 57.6 Å². The Labute approximate surface area is 212 Å². The minimum atomic E-state index is -1.18. The molecule has 0 amide bonds. The van der Waals surface area contributed by atoms with Crippen molar-refractivity contribution in [2.45, 2.75) is 96.8 Å². The van der Waals surface area contributed by atoms with E-state index in [1.807, 2.05) is 0 Å². The minimum Gasteiger partial charge on any atom is -0.872 e. The van der Waals surface area contributed by atoms with Gasteiger partial charge in [-0.25, -0.2) is 4.79 Å². The van der Waals surface area contributed by atoms with Crippen molar-refractivity contribution in [1.29, 1.82) is 0 Å². The number of carbonyl (C=O) groups is 1. The SMILES string of the molecule is CCCCCCCC/C=C\CCCCCCCC[N+](CO)(CO)CO.O=C(O)c1ccccc1[O-]. The van der Waals surface area contributed by atoms with Gasteiger partial charge in [0.05, 0.1) is 12.1 Å². The molecular weight excluding hydrogens is 446 g/mol. The summed E-state index contributed by atoms with van der Waals surface area (Å²) in [6.07, 6.45) is 22.5. The van der Waals surface area contributed by atoms with Crippen molar-refractivity contribution in [2.75, 3.05) is 26.7 Å². The van der Waals surface area contributed by atoms with Crippen LogP contribution >= 0.6 is 0 Å². The van der Waals surface area contributed by atoms with Gasteiger partial charge >= 0.3 is 5.97 Å². The lowest BCUT2D eigenvalue weighted by Gasteiger charge is -2.31. The van der Waals surface area contributed by atoms with E-state index >= 15 is 0 Å². The van der Waals surface area contributed by atoms with Crippen LogP contribution in [0.5, 0.6) is 5.75 Å². The van der Waals surface area contributed by atoms with Crippen molar-refractivity contribution in [3.05, 3.63) is 42.0 Å². The molecule has 0 aromatic heterocycles. The van der Waals surface area contributed by atoms with E-state index in [1.165, 1.54) is 101 Å². The lowest BCUT2D eigenvalue weighted by atomic mass is 10.1. The molecule has 0 bridgehead atoms. The van der Waals surface area contributed by atoms with Gasteiger partial charge in [0.1, 0.15) is 0 Å². The van der Waals surface area contributed by atoms with E-state index < -0.39 is 11.7 Å². The van der Waals surface area contributed by atoms with Gasteiger partial charge < -0.3 is 25.5 Å². The van der Waals surface area contributed by atoms with Crippen LogP contribution in [0, 0.1) is 0 Å². The molecule has 0 aliphatic carbocycles. The molecule has 1 rings (SSSR count). The molecule has 1 aromatic carbocycles. The van der Waals surface area contributed by atoms with Gasteiger partial charge in [-0.1, -0.05) is 94.4 Å². The molecule has 0 radical (unpaired) electrons. The van der Waals surface area contributed by atoms with E-state index in [2.05, 4.69) is 19.1 Å². The van der Waals surface area contributed by atoms with Crippen LogP contribution in [0.2, 0.25) is 0 Å². The number of benzene rings is 1. The Hall–Kier alpha value is -1.93. The second-order valence-corrected chi connectivity index (χ2v) is 9.23. The average Bonchev–Trinajstić information content (AvgIpc) is 2.87. The fraction of sp³-hybridized carbons (Fsp3) is 0.679. The summed E-state index contributed by atoms with van der Waals surface area (Å²) < 4.78 is -0.0105. The van der Waals surface area contributed by atoms with Crippen LogP contribution < -0.4 is 5.11 Å². The maximum atomic E-state index is 10.7. The van der Waals surface area contributed by atoms with Crippen molar-refractivity contribution in [2.24, 2.45) is 0 Å². The third-order valence-electron chi connectivity index (χ3n) is 6.16. The lowest BCUT2D eigenvalue weighted by molar-refractivity contribution is -0.976. The van der Waals surface area contributed by atoms with Crippen LogP contribution in [0.25, 0.3) is 0 Å². The van der Waals surface area contributed by atoms with Crippen LogP contribution in [0.4, 0.5) is 0 Å². The molecule has 35 heavy (non-hydrogen) atoms. The number of rotatable bonds is 20. The highest BCUT2D eigenvalue weighted by Crippen LogP contribution is 2.12. The van der Waals surface area contributed by atoms with Crippen LogP contribution in [0.1, 0.15) is 107 Å². The summed E-state index contributed by atoms with van der Waals surface area (Å²) in [5.41, 5.74) is -0.178. The number of quaternary nitrogens is 1. The molecule has 0 unspecified atom stereocenters. The van der Waals surface area contributed by atoms with Gasteiger partial charge in [0.25, 0.3) is 0 Å². The highest BCUT2D eigenvalue weighted by molar-refractivity contribution is 5.90. The van der Waals surface area contributed by atoms with Crippen LogP contribution in [0.15, 0.2) is 36.4 Å². The normalized spacial score (nSPS) is 11.4. The molecule has 0 aliphatic heterocycles. The van der Waals surface area contributed by atoms with E-state index in [1.54, 1.807) is 0 Å². The summed E-state index contributed by atoms with van der Waals surface area (Å²) in [6, 6.07) is 5.54. The molecule has 4 N–H and O–H groups in total. The Kier molecular flexibility index (Phi) is 21.3. The van der Waals surface area contributed by atoms with Gasteiger partial charge in [-0.05, 0) is 44.6 Å². The van der Waals surface area contributed by atoms with Gasteiger partial charge in [0, 0.05) is 0 Å². The third kappa shape index (κ3) is 17.2. The summed E-state index contributed by atoms with van der Waals surface area (Å²) in [7, 11) is 0. The summed E-state index contributed by atoms with van der Waals surface area (Å²) in [5, 5.41) is 46.8. The number of aromatic carboxylic acids is 1. The molecule has 0 saturated carbocycles. The number of carboxylic acids is 1. The van der Waals surface area contributed by atoms with Gasteiger partial charge in [-0.15, -0.1) is 0 Å². The predicted octanol–water partition coefficient (Wildman–Crippen LogP) is 5.15. The van der Waals surface area contributed by atoms with E-state index in [0.29, 0.717) is 6.54 Å². The average molecular weight is 496 g/mol. The Morgan fingerprint density at radius 1 is 0.771 bits per heavy atom. The third-order valence-corrected chi connectivity index (χ3v) is 6.16. The number of hydrogen-bond acceptors (Lipinski definition) is 5. The zero-order chi connectivity index (χ0) is 26.2. The fourth-order valence-electron chi connectivity index (χ4n) is 3.68. The molecule has 0 heterocycles. The molecule has 7 nitrogen and oxygen atoms in total. The molecule has 0 spiro atoms. The van der Waals surface area contributed by atoms with Crippen molar-refractivity contribution in [1.82, 2.24) is 0 Å². The molecule has 0 aliphatic rings. The van der Waals surface area contributed by atoms with Gasteiger partial charge in [-0.2, -0.15) is 0 Å². The molecule has 1 aromatic rings. The first-order valence-electron chi connectivity index (χ1n) is 13.3. The lowest BCUT2D eigenvalue weighted by Crippen LogP contribution is -2.50. The number of carboxylic acid groups (broad SMARTS) is 1. The van der Waals surface area contributed by atoms with Crippen LogP contribution in [-0.2, 0) is 0 Å². The first-order valence-corrected chi connectivity index (χ1v) is 13.3. The highest BCUT2D eigenvalue weighted by atomic mass is 16.4. The number of nitrogens with zero attached hydrogens (tertiary/aromatic N) is 1. The predicted molar refractivity (Wildman–Crippen MR) is 139 cm³/mol. The Bertz CT molecular complexity index is 652. The molecule has 7 heteroatoms. The first-order chi connectivity index (χ1) is 17.0. The highest BCUT2D eigenvalue weighted by Gasteiger charge is 2.23. The monoisotopic (exact) mass is 495 g/mol. The number of aliphatic hydroxyl groups excluding tert-OH is 3. The minimum absolute atomic E-state index is 0.0105. The van der Waals surface area contributed by atoms with Gasteiger partial charge in [0.2, 0.25) is 0 Å². The topological polar surface area (TPSA) is 121 Å². The fourth-order valence-corrected chi connectivity index (χ4v) is 3.68. The number of unbranched alkanes of at least 4 members (excludes halogenated alkanes) is 12. The number of aliphatic hydroxyl groups is 3. The zero-order valence-corrected chi connectivity index (χ0v) is 21.7. The van der Waals surface area contributed by atoms with E-state index in [9.17, 15) is 25.2 Å². The first kappa shape index (κ1) is 33.1. The molecule has 0 fully saturated rings. The number of hydrogen-bond donors (Lipinski definition) is 4. The molecule has 0 saturated heterocycles. The van der Waals surface area contributed by atoms with E-state index in [4.69, 9.17) is 5.11 Å². The Morgan fingerprint density at radius 2 is 1.23 bits per heavy atom. The van der Waals surface area contributed by atoms with Crippen molar-refractivity contribution < 1.29 is 34.8 Å². The number of para-hydroxylation sites is 1. The smallest absolute Gasteiger partial charge is 0.335 e. The summed E-state index contributed by atoms with van der Waals surface area (Å²) in [4.78, 5) is 10.2. The Morgan fingerprint density at radius 3 is 1.66 bits per heavy atom. The standard InChI is InChI=1S/C21H44NO3.C7H6O3/c1-2-3-4-5-6-7-8-9-10-11-12-13-14-15-16-17-18-22(19-23,20-24)21-25;8-6-4-2-1-3-5(6)7(9)10/h9-10,23-25H,2-8,11-21H2,1H3;1-4,8H,(H,9,10)/q+1;/p-1/b10-9-;. The van der Waals surface area contributed by atoms with Crippen molar-refractivity contribution in [3.8, 4) is 5.75 Å².